The highest BCUT2D eigenvalue weighted by Crippen LogP contribution is 2.22. The van der Waals surface area contributed by atoms with E-state index in [0.717, 1.165) is 24.2 Å². The summed E-state index contributed by atoms with van der Waals surface area (Å²) in [5.41, 5.74) is 0.621. The molecule has 0 aliphatic rings. The Morgan fingerprint density at radius 2 is 1.86 bits per heavy atom. The summed E-state index contributed by atoms with van der Waals surface area (Å²) in [5.74, 6) is 0.418. The van der Waals surface area contributed by atoms with Crippen molar-refractivity contribution in [2.24, 2.45) is 5.41 Å². The van der Waals surface area contributed by atoms with Gasteiger partial charge in [0.1, 0.15) is 12.4 Å². The number of carbonyl (C=O) groups excluding carboxylic acids is 1. The van der Waals surface area contributed by atoms with Crippen molar-refractivity contribution in [1.82, 2.24) is 14.9 Å². The molecule has 2 N–H and O–H groups in total. The van der Waals surface area contributed by atoms with Crippen LogP contribution in [0.15, 0.2) is 28.6 Å². The molecule has 28 heavy (non-hydrogen) atoms. The number of carbonyl (C=O) groups is 1. The van der Waals surface area contributed by atoms with Gasteiger partial charge in [-0.2, -0.15) is 0 Å². The van der Waals surface area contributed by atoms with Crippen LogP contribution in [-0.4, -0.2) is 37.7 Å². The van der Waals surface area contributed by atoms with Gasteiger partial charge in [0.05, 0.1) is 0 Å². The molecule has 0 aliphatic carbocycles. The molecule has 10 heteroatoms. The van der Waals surface area contributed by atoms with Crippen LogP contribution in [0, 0.1) is 5.41 Å². The van der Waals surface area contributed by atoms with Gasteiger partial charge in [-0.1, -0.05) is 57.6 Å². The summed E-state index contributed by atoms with van der Waals surface area (Å²) in [7, 11) is -3.82. The fourth-order valence-corrected chi connectivity index (χ4v) is 4.05. The molecule has 0 saturated carbocycles. The number of amides is 1. The number of rotatable bonds is 9. The van der Waals surface area contributed by atoms with E-state index in [4.69, 9.17) is 4.74 Å². The Hall–Kier alpha value is -2.04. The highest BCUT2D eigenvalue weighted by Gasteiger charge is 2.25. The SMILES string of the molecule is CCCc1ccc(OCCNS(=O)(=O)c2nnc(NC(=O)C(C)(C)C)s2)cc1. The van der Waals surface area contributed by atoms with E-state index in [1.807, 2.05) is 24.3 Å². The van der Waals surface area contributed by atoms with E-state index in [2.05, 4.69) is 27.2 Å². The summed E-state index contributed by atoms with van der Waals surface area (Å²) >= 11 is 0.799. The first-order valence-corrected chi connectivity index (χ1v) is 11.3. The van der Waals surface area contributed by atoms with Crippen LogP contribution < -0.4 is 14.8 Å². The molecule has 0 bridgehead atoms. The number of hydrogen-bond donors (Lipinski definition) is 2. The van der Waals surface area contributed by atoms with Gasteiger partial charge in [-0.05, 0) is 24.1 Å². The molecule has 1 aromatic heterocycles. The van der Waals surface area contributed by atoms with Gasteiger partial charge in [0, 0.05) is 12.0 Å². The number of hydrogen-bond acceptors (Lipinski definition) is 7. The fourth-order valence-electron chi connectivity index (χ4n) is 2.10. The van der Waals surface area contributed by atoms with Gasteiger partial charge in [0.25, 0.3) is 10.0 Å². The molecule has 0 atom stereocenters. The lowest BCUT2D eigenvalue weighted by Crippen LogP contribution is -2.28. The monoisotopic (exact) mass is 426 g/mol. The van der Waals surface area contributed by atoms with E-state index < -0.39 is 15.4 Å². The third kappa shape index (κ3) is 6.54. The molecule has 0 radical (unpaired) electrons. The summed E-state index contributed by atoms with van der Waals surface area (Å²) in [6.45, 7) is 7.64. The molecular formula is C18H26N4O4S2. The normalized spacial score (nSPS) is 12.0. The molecule has 1 amide bonds. The maximum Gasteiger partial charge on any atom is 0.269 e. The van der Waals surface area contributed by atoms with Gasteiger partial charge in [-0.3, -0.25) is 4.79 Å². The van der Waals surface area contributed by atoms with Crippen LogP contribution in [0.3, 0.4) is 0 Å². The molecule has 0 fully saturated rings. The molecule has 2 aromatic rings. The Balaban J connectivity index is 1.84. The predicted molar refractivity (Wildman–Crippen MR) is 109 cm³/mol. The average Bonchev–Trinajstić information content (AvgIpc) is 3.09. The largest absolute Gasteiger partial charge is 0.492 e. The van der Waals surface area contributed by atoms with E-state index >= 15 is 0 Å². The first kappa shape index (κ1) is 22.3. The second-order valence-corrected chi connectivity index (χ2v) is 10.1. The van der Waals surface area contributed by atoms with Crippen LogP contribution in [-0.2, 0) is 21.2 Å². The van der Waals surface area contributed by atoms with Crippen LogP contribution in [0.25, 0.3) is 0 Å². The summed E-state index contributed by atoms with van der Waals surface area (Å²) in [5, 5.41) is 10.1. The molecule has 0 spiro atoms. The fraction of sp³-hybridized carbons (Fsp3) is 0.500. The van der Waals surface area contributed by atoms with Crippen molar-refractivity contribution in [1.29, 1.82) is 0 Å². The molecule has 0 unspecified atom stereocenters. The van der Waals surface area contributed by atoms with Crippen molar-refractivity contribution in [2.75, 3.05) is 18.5 Å². The van der Waals surface area contributed by atoms with Gasteiger partial charge < -0.3 is 10.1 Å². The topological polar surface area (TPSA) is 110 Å². The summed E-state index contributed by atoms with van der Waals surface area (Å²) in [4.78, 5) is 11.9. The van der Waals surface area contributed by atoms with E-state index in [9.17, 15) is 13.2 Å². The van der Waals surface area contributed by atoms with Gasteiger partial charge in [0.2, 0.25) is 15.4 Å². The lowest BCUT2D eigenvalue weighted by Gasteiger charge is -2.15. The smallest absolute Gasteiger partial charge is 0.269 e. The third-order valence-corrected chi connectivity index (χ3v) is 6.33. The number of ether oxygens (including phenoxy) is 1. The lowest BCUT2D eigenvalue weighted by atomic mass is 9.96. The Morgan fingerprint density at radius 3 is 2.46 bits per heavy atom. The highest BCUT2D eigenvalue weighted by atomic mass is 32.2. The van der Waals surface area contributed by atoms with E-state index in [0.29, 0.717) is 5.75 Å². The van der Waals surface area contributed by atoms with E-state index in [1.54, 1.807) is 20.8 Å². The molecule has 2 rings (SSSR count). The molecule has 154 valence electrons. The van der Waals surface area contributed by atoms with Crippen molar-refractivity contribution in [2.45, 2.75) is 44.9 Å². The average molecular weight is 427 g/mol. The molecule has 1 aromatic carbocycles. The quantitative estimate of drug-likeness (QED) is 0.471. The van der Waals surface area contributed by atoms with E-state index in [-0.39, 0.29) is 28.5 Å². The molecule has 8 nitrogen and oxygen atoms in total. The van der Waals surface area contributed by atoms with Gasteiger partial charge in [-0.15, -0.1) is 10.2 Å². The third-order valence-electron chi connectivity index (χ3n) is 3.66. The number of nitrogens with zero attached hydrogens (tertiary/aromatic N) is 2. The number of nitrogens with one attached hydrogen (secondary N) is 2. The Morgan fingerprint density at radius 1 is 1.18 bits per heavy atom. The molecule has 0 saturated heterocycles. The van der Waals surface area contributed by atoms with Crippen LogP contribution in [0.5, 0.6) is 5.75 Å². The van der Waals surface area contributed by atoms with Crippen molar-refractivity contribution in [3.8, 4) is 5.75 Å². The van der Waals surface area contributed by atoms with Crippen LogP contribution in [0.4, 0.5) is 5.13 Å². The molecular weight excluding hydrogens is 400 g/mol. The number of anilines is 1. The molecule has 1 heterocycles. The number of aryl methyl sites for hydroxylation is 1. The zero-order valence-corrected chi connectivity index (χ0v) is 18.1. The van der Waals surface area contributed by atoms with Crippen LogP contribution in [0.2, 0.25) is 0 Å². The molecule has 0 aliphatic heterocycles. The van der Waals surface area contributed by atoms with Gasteiger partial charge >= 0.3 is 0 Å². The predicted octanol–water partition coefficient (Wildman–Crippen LogP) is 2.83. The maximum atomic E-state index is 12.3. The van der Waals surface area contributed by atoms with Crippen LogP contribution >= 0.6 is 11.3 Å². The number of benzene rings is 1. The summed E-state index contributed by atoms with van der Waals surface area (Å²) < 4.78 is 32.3. The van der Waals surface area contributed by atoms with Crippen molar-refractivity contribution in [3.63, 3.8) is 0 Å². The minimum atomic E-state index is -3.82. The zero-order valence-electron chi connectivity index (χ0n) is 16.5. The summed E-state index contributed by atoms with van der Waals surface area (Å²) in [6.07, 6.45) is 2.09. The Bertz CT molecular complexity index is 887. The number of sulfonamides is 1. The Kier molecular flexibility index (Phi) is 7.50. The maximum absolute atomic E-state index is 12.3. The van der Waals surface area contributed by atoms with Crippen molar-refractivity contribution in [3.05, 3.63) is 29.8 Å². The van der Waals surface area contributed by atoms with Crippen molar-refractivity contribution < 1.29 is 17.9 Å². The second kappa shape index (κ2) is 9.44. The second-order valence-electron chi connectivity index (χ2n) is 7.22. The standard InChI is InChI=1S/C18H26N4O4S2/c1-5-6-13-7-9-14(10-8-13)26-12-11-19-28(24,25)17-22-21-16(27-17)20-15(23)18(2,3)4/h7-10,19H,5-6,11-12H2,1-4H3,(H,20,21,23). The zero-order chi connectivity index (χ0) is 20.8. The first-order valence-electron chi connectivity index (χ1n) is 8.98. The van der Waals surface area contributed by atoms with Crippen molar-refractivity contribution >= 4 is 32.4 Å². The highest BCUT2D eigenvalue weighted by molar-refractivity contribution is 7.91. The minimum absolute atomic E-state index is 0.0856. The Labute approximate surface area is 169 Å². The lowest BCUT2D eigenvalue weighted by molar-refractivity contribution is -0.123. The minimum Gasteiger partial charge on any atom is -0.492 e. The van der Waals surface area contributed by atoms with E-state index in [1.165, 1.54) is 5.56 Å². The van der Waals surface area contributed by atoms with Gasteiger partial charge in [-0.25, -0.2) is 13.1 Å². The van der Waals surface area contributed by atoms with Gasteiger partial charge in [0.15, 0.2) is 0 Å². The first-order chi connectivity index (χ1) is 13.1. The number of aromatic nitrogens is 2. The van der Waals surface area contributed by atoms with Crippen LogP contribution in [0.1, 0.15) is 39.7 Å². The summed E-state index contributed by atoms with van der Waals surface area (Å²) in [6, 6.07) is 7.73.